The molecule has 0 saturated heterocycles. The van der Waals surface area contributed by atoms with Crippen LogP contribution in [0.1, 0.15) is 39.0 Å². The fourth-order valence-electron chi connectivity index (χ4n) is 1.93. The van der Waals surface area contributed by atoms with Crippen LogP contribution in [0.3, 0.4) is 0 Å². The number of nitrogens with zero attached hydrogens (tertiary/aromatic N) is 3. The summed E-state index contributed by atoms with van der Waals surface area (Å²) in [4.78, 5) is 6.49. The molecule has 1 rings (SSSR count). The van der Waals surface area contributed by atoms with Crippen LogP contribution in [-0.2, 0) is 6.54 Å². The lowest BCUT2D eigenvalue weighted by Gasteiger charge is -2.28. The number of rotatable bonds is 6. The summed E-state index contributed by atoms with van der Waals surface area (Å²) in [5, 5.41) is 11.7. The van der Waals surface area contributed by atoms with E-state index >= 15 is 0 Å². The Morgan fingerprint density at radius 2 is 2.11 bits per heavy atom. The van der Waals surface area contributed by atoms with E-state index in [0.29, 0.717) is 17.7 Å². The smallest absolute Gasteiger partial charge is 0.188 e. The second-order valence-corrected chi connectivity index (χ2v) is 5.45. The van der Waals surface area contributed by atoms with Crippen molar-refractivity contribution in [1.82, 2.24) is 9.88 Å². The van der Waals surface area contributed by atoms with E-state index in [0.717, 1.165) is 18.7 Å². The second kappa shape index (κ2) is 7.09. The van der Waals surface area contributed by atoms with Crippen LogP contribution >= 0.6 is 0 Å². The molecule has 106 valence electrons. The van der Waals surface area contributed by atoms with Crippen molar-refractivity contribution in [3.63, 3.8) is 0 Å². The Hall–Kier alpha value is -1.62. The molecule has 1 aromatic rings. The van der Waals surface area contributed by atoms with Crippen LogP contribution in [0.25, 0.3) is 0 Å². The van der Waals surface area contributed by atoms with E-state index in [-0.39, 0.29) is 5.84 Å². The molecule has 0 aliphatic heterocycles. The normalized spacial score (nSPS) is 12.7. The lowest BCUT2D eigenvalue weighted by Crippen LogP contribution is -2.33. The average Bonchev–Trinajstić information content (AvgIpc) is 2.36. The highest BCUT2D eigenvalue weighted by molar-refractivity contribution is 5.95. The first kappa shape index (κ1) is 15.4. The molecule has 0 aliphatic rings. The monoisotopic (exact) mass is 264 g/mol. The summed E-state index contributed by atoms with van der Waals surface area (Å²) in [6.45, 7) is 10.7. The van der Waals surface area contributed by atoms with Crippen molar-refractivity contribution >= 4 is 5.84 Å². The largest absolute Gasteiger partial charge is 0.409 e. The van der Waals surface area contributed by atoms with Crippen molar-refractivity contribution in [2.75, 3.05) is 6.54 Å². The van der Waals surface area contributed by atoms with Gasteiger partial charge in [0, 0.05) is 25.3 Å². The first-order chi connectivity index (χ1) is 8.93. The third kappa shape index (κ3) is 4.87. The number of hydrogen-bond acceptors (Lipinski definition) is 4. The molecule has 5 heteroatoms. The molecule has 1 heterocycles. The Labute approximate surface area is 115 Å². The van der Waals surface area contributed by atoms with Gasteiger partial charge in [0.15, 0.2) is 5.84 Å². The maximum Gasteiger partial charge on any atom is 0.188 e. The molecule has 5 nitrogen and oxygen atoms in total. The maximum absolute atomic E-state index is 8.68. The van der Waals surface area contributed by atoms with E-state index in [2.05, 4.69) is 42.7 Å². The number of aromatic nitrogens is 1. The number of oxime groups is 1. The predicted molar refractivity (Wildman–Crippen MR) is 77.1 cm³/mol. The number of nitrogens with two attached hydrogens (primary N) is 1. The molecule has 0 amide bonds. The highest BCUT2D eigenvalue weighted by Gasteiger charge is 2.12. The molecule has 19 heavy (non-hydrogen) atoms. The Morgan fingerprint density at radius 1 is 1.42 bits per heavy atom. The van der Waals surface area contributed by atoms with Gasteiger partial charge in [-0.1, -0.05) is 19.0 Å². The van der Waals surface area contributed by atoms with E-state index in [9.17, 15) is 0 Å². The topological polar surface area (TPSA) is 74.7 Å². The number of pyridine rings is 1. The molecule has 1 aromatic heterocycles. The molecule has 0 saturated carbocycles. The summed E-state index contributed by atoms with van der Waals surface area (Å²) in [7, 11) is 0. The van der Waals surface area contributed by atoms with Gasteiger partial charge in [-0.2, -0.15) is 0 Å². The fraction of sp³-hybridized carbons (Fsp3) is 0.571. The summed E-state index contributed by atoms with van der Waals surface area (Å²) < 4.78 is 0. The lowest BCUT2D eigenvalue weighted by molar-refractivity contribution is 0.189. The summed E-state index contributed by atoms with van der Waals surface area (Å²) in [5.41, 5.74) is 7.18. The highest BCUT2D eigenvalue weighted by Crippen LogP contribution is 2.11. The van der Waals surface area contributed by atoms with Crippen LogP contribution in [-0.4, -0.2) is 33.5 Å². The van der Waals surface area contributed by atoms with Gasteiger partial charge >= 0.3 is 0 Å². The van der Waals surface area contributed by atoms with Gasteiger partial charge in [0.05, 0.1) is 0 Å². The SMILES string of the molecule is CC(C)CN(Cc1ccnc(C(N)=NO)c1)C(C)C. The molecule has 0 bridgehead atoms. The molecule has 0 atom stereocenters. The van der Waals surface area contributed by atoms with E-state index < -0.39 is 0 Å². The van der Waals surface area contributed by atoms with Crippen LogP contribution in [0, 0.1) is 5.92 Å². The number of hydrogen-bond donors (Lipinski definition) is 2. The summed E-state index contributed by atoms with van der Waals surface area (Å²) in [5.74, 6) is 0.662. The van der Waals surface area contributed by atoms with Gasteiger partial charge in [-0.15, -0.1) is 0 Å². The molecule has 3 N–H and O–H groups in total. The third-order valence-corrected chi connectivity index (χ3v) is 2.91. The minimum Gasteiger partial charge on any atom is -0.409 e. The molecule has 0 unspecified atom stereocenters. The Kier molecular flexibility index (Phi) is 5.76. The number of amidine groups is 1. The molecule has 0 aliphatic carbocycles. The fourth-order valence-corrected chi connectivity index (χ4v) is 1.93. The minimum absolute atomic E-state index is 0.0433. The molecule has 0 fully saturated rings. The summed E-state index contributed by atoms with van der Waals surface area (Å²) in [6, 6.07) is 4.30. The van der Waals surface area contributed by atoms with Gasteiger partial charge in [0.25, 0.3) is 0 Å². The van der Waals surface area contributed by atoms with Crippen LogP contribution < -0.4 is 5.73 Å². The quantitative estimate of drug-likeness (QED) is 0.357. The van der Waals surface area contributed by atoms with Gasteiger partial charge in [-0.05, 0) is 37.5 Å². The van der Waals surface area contributed by atoms with Crippen LogP contribution in [0.5, 0.6) is 0 Å². The lowest BCUT2D eigenvalue weighted by atomic mass is 10.1. The predicted octanol–water partition coefficient (Wildman–Crippen LogP) is 2.04. The van der Waals surface area contributed by atoms with Crippen LogP contribution in [0.2, 0.25) is 0 Å². The molecule has 0 spiro atoms. The Balaban J connectivity index is 2.85. The zero-order valence-electron chi connectivity index (χ0n) is 12.2. The maximum atomic E-state index is 8.68. The van der Waals surface area contributed by atoms with E-state index in [1.165, 1.54) is 0 Å². The van der Waals surface area contributed by atoms with Crippen molar-refractivity contribution < 1.29 is 5.21 Å². The third-order valence-electron chi connectivity index (χ3n) is 2.91. The molecular formula is C14H24N4O. The second-order valence-electron chi connectivity index (χ2n) is 5.45. The Bertz CT molecular complexity index is 429. The average molecular weight is 264 g/mol. The van der Waals surface area contributed by atoms with Crippen LogP contribution in [0.4, 0.5) is 0 Å². The molecule has 0 radical (unpaired) electrons. The minimum atomic E-state index is 0.0433. The van der Waals surface area contributed by atoms with Gasteiger partial charge in [-0.25, -0.2) is 0 Å². The van der Waals surface area contributed by atoms with Crippen molar-refractivity contribution in [2.45, 2.75) is 40.3 Å². The molecular weight excluding hydrogens is 240 g/mol. The van der Waals surface area contributed by atoms with Crippen molar-refractivity contribution in [3.8, 4) is 0 Å². The van der Waals surface area contributed by atoms with Crippen LogP contribution in [0.15, 0.2) is 23.5 Å². The first-order valence-corrected chi connectivity index (χ1v) is 6.61. The van der Waals surface area contributed by atoms with Crippen molar-refractivity contribution in [2.24, 2.45) is 16.8 Å². The van der Waals surface area contributed by atoms with E-state index in [1.807, 2.05) is 12.1 Å². The van der Waals surface area contributed by atoms with Crippen molar-refractivity contribution in [3.05, 3.63) is 29.6 Å². The standard InChI is InChI=1S/C14H24N4O/c1-10(2)8-18(11(3)4)9-12-5-6-16-13(7-12)14(15)17-19/h5-7,10-11,19H,8-9H2,1-4H3,(H2,15,17). The van der Waals surface area contributed by atoms with E-state index in [4.69, 9.17) is 10.9 Å². The van der Waals surface area contributed by atoms with Gasteiger partial charge in [0.1, 0.15) is 5.69 Å². The first-order valence-electron chi connectivity index (χ1n) is 6.61. The summed E-state index contributed by atoms with van der Waals surface area (Å²) >= 11 is 0. The zero-order valence-corrected chi connectivity index (χ0v) is 12.2. The van der Waals surface area contributed by atoms with Gasteiger partial charge in [0.2, 0.25) is 0 Å². The van der Waals surface area contributed by atoms with Gasteiger partial charge < -0.3 is 10.9 Å². The highest BCUT2D eigenvalue weighted by atomic mass is 16.4. The molecule has 0 aromatic carbocycles. The van der Waals surface area contributed by atoms with E-state index in [1.54, 1.807) is 6.20 Å². The van der Waals surface area contributed by atoms with Gasteiger partial charge in [-0.3, -0.25) is 9.88 Å². The Morgan fingerprint density at radius 3 is 2.63 bits per heavy atom. The zero-order chi connectivity index (χ0) is 14.4. The summed E-state index contributed by atoms with van der Waals surface area (Å²) in [6.07, 6.45) is 1.69. The van der Waals surface area contributed by atoms with Crippen molar-refractivity contribution in [1.29, 1.82) is 0 Å².